The topological polar surface area (TPSA) is 43.1 Å². The first-order valence-corrected chi connectivity index (χ1v) is 8.36. The molecule has 5 heteroatoms. The van der Waals surface area contributed by atoms with Gasteiger partial charge in [0.2, 0.25) is 5.78 Å². The molecule has 0 aliphatic heterocycles. The van der Waals surface area contributed by atoms with Crippen molar-refractivity contribution in [2.75, 3.05) is 5.75 Å². The summed E-state index contributed by atoms with van der Waals surface area (Å²) in [6, 6.07) is 9.69. The van der Waals surface area contributed by atoms with Gasteiger partial charge in [0.25, 0.3) is 0 Å². The number of ketones is 1. The van der Waals surface area contributed by atoms with Crippen molar-refractivity contribution in [2.24, 2.45) is 0 Å². The van der Waals surface area contributed by atoms with E-state index in [9.17, 15) is 4.79 Å². The minimum Gasteiger partial charge on any atom is -0.465 e. The number of furan rings is 1. The molecule has 0 fully saturated rings. The predicted octanol–water partition coefficient (Wildman–Crippen LogP) is 4.90. The number of aromatic nitrogens is 1. The van der Waals surface area contributed by atoms with E-state index in [0.717, 1.165) is 16.0 Å². The van der Waals surface area contributed by atoms with Crippen molar-refractivity contribution in [2.45, 2.75) is 11.8 Å². The highest BCUT2D eigenvalue weighted by molar-refractivity contribution is 7.99. The number of carbonyl (C=O) groups is 1. The molecular formula is C16H13NO2S2. The molecular weight excluding hydrogens is 302 g/mol. The lowest BCUT2D eigenvalue weighted by atomic mass is 10.3. The second-order valence-electron chi connectivity index (χ2n) is 4.29. The summed E-state index contributed by atoms with van der Waals surface area (Å²) in [6.45, 7) is 2.12. The quantitative estimate of drug-likeness (QED) is 0.382. The zero-order chi connectivity index (χ0) is 14.7. The lowest BCUT2D eigenvalue weighted by Crippen LogP contribution is -1.91. The Balaban J connectivity index is 1.84. The van der Waals surface area contributed by atoms with Crippen molar-refractivity contribution < 1.29 is 9.21 Å². The molecule has 0 amide bonds. The molecule has 106 valence electrons. The average molecular weight is 315 g/mol. The van der Waals surface area contributed by atoms with E-state index in [4.69, 9.17) is 4.42 Å². The van der Waals surface area contributed by atoms with Gasteiger partial charge in [-0.15, -0.1) is 23.1 Å². The van der Waals surface area contributed by atoms with Gasteiger partial charge >= 0.3 is 0 Å². The van der Waals surface area contributed by atoms with Crippen LogP contribution in [0.2, 0.25) is 0 Å². The third-order valence-corrected chi connectivity index (χ3v) is 4.73. The highest BCUT2D eigenvalue weighted by Crippen LogP contribution is 2.28. The van der Waals surface area contributed by atoms with Crippen LogP contribution in [0.5, 0.6) is 0 Å². The van der Waals surface area contributed by atoms with Gasteiger partial charge in [-0.25, -0.2) is 4.98 Å². The van der Waals surface area contributed by atoms with Gasteiger partial charge in [-0.05, 0) is 48.2 Å². The van der Waals surface area contributed by atoms with Crippen molar-refractivity contribution in [3.63, 3.8) is 0 Å². The van der Waals surface area contributed by atoms with Gasteiger partial charge in [-0.3, -0.25) is 4.79 Å². The van der Waals surface area contributed by atoms with Crippen LogP contribution >= 0.6 is 23.1 Å². The molecule has 0 bridgehead atoms. The van der Waals surface area contributed by atoms with Gasteiger partial charge in [-0.2, -0.15) is 0 Å². The molecule has 0 N–H and O–H groups in total. The molecule has 0 aliphatic carbocycles. The van der Waals surface area contributed by atoms with Crippen LogP contribution in [-0.4, -0.2) is 16.5 Å². The molecule has 0 saturated heterocycles. The smallest absolute Gasteiger partial charge is 0.214 e. The number of hydrogen-bond donors (Lipinski definition) is 0. The third kappa shape index (κ3) is 3.25. The second-order valence-corrected chi connectivity index (χ2v) is 6.66. The van der Waals surface area contributed by atoms with Crippen molar-refractivity contribution >= 4 is 45.2 Å². The first-order chi connectivity index (χ1) is 10.3. The molecule has 0 spiro atoms. The Hall–Kier alpha value is -1.85. The minimum absolute atomic E-state index is 0.0997. The van der Waals surface area contributed by atoms with E-state index in [-0.39, 0.29) is 5.78 Å². The number of hydrogen-bond acceptors (Lipinski definition) is 5. The van der Waals surface area contributed by atoms with Crippen LogP contribution in [-0.2, 0) is 0 Å². The van der Waals surface area contributed by atoms with Crippen molar-refractivity contribution in [1.82, 2.24) is 4.98 Å². The molecule has 0 radical (unpaired) electrons. The second kappa shape index (κ2) is 6.28. The van der Waals surface area contributed by atoms with Gasteiger partial charge < -0.3 is 4.42 Å². The Bertz CT molecular complexity index is 788. The molecule has 3 nitrogen and oxygen atoms in total. The Morgan fingerprint density at radius 3 is 3.10 bits per heavy atom. The Morgan fingerprint density at radius 2 is 2.33 bits per heavy atom. The molecule has 2 heterocycles. The zero-order valence-corrected chi connectivity index (χ0v) is 13.0. The molecule has 0 saturated carbocycles. The van der Waals surface area contributed by atoms with E-state index in [1.165, 1.54) is 22.3 Å². The first-order valence-electron chi connectivity index (χ1n) is 6.55. The fraction of sp³-hybridized carbons (Fsp3) is 0.125. The lowest BCUT2D eigenvalue weighted by molar-refractivity contribution is 0.104. The zero-order valence-electron chi connectivity index (χ0n) is 11.4. The molecule has 0 aliphatic rings. The van der Waals surface area contributed by atoms with Crippen LogP contribution in [0.3, 0.4) is 0 Å². The standard InChI is InChI=1S/C16H13NO2S2/c1-2-20-12-6-7-13-15(10-12)21-16(17-13)14(18)8-5-11-4-3-9-19-11/h3-10H,2H2,1H3/b8-5+. The van der Waals surface area contributed by atoms with E-state index in [1.807, 2.05) is 12.1 Å². The maximum atomic E-state index is 12.1. The fourth-order valence-corrected chi connectivity index (χ4v) is 3.58. The number of thiazole rings is 1. The van der Waals surface area contributed by atoms with Crippen molar-refractivity contribution in [1.29, 1.82) is 0 Å². The minimum atomic E-state index is -0.0997. The van der Waals surface area contributed by atoms with Gasteiger partial charge in [0, 0.05) is 4.90 Å². The number of nitrogens with zero attached hydrogens (tertiary/aromatic N) is 1. The van der Waals surface area contributed by atoms with E-state index < -0.39 is 0 Å². The summed E-state index contributed by atoms with van der Waals surface area (Å²) in [5, 5.41) is 0.506. The number of allylic oxidation sites excluding steroid dienone is 1. The largest absolute Gasteiger partial charge is 0.465 e. The highest BCUT2D eigenvalue weighted by atomic mass is 32.2. The summed E-state index contributed by atoms with van der Waals surface area (Å²) in [4.78, 5) is 17.7. The van der Waals surface area contributed by atoms with Crippen LogP contribution in [0.15, 0.2) is 52.0 Å². The Morgan fingerprint density at radius 1 is 1.43 bits per heavy atom. The monoisotopic (exact) mass is 315 g/mol. The van der Waals surface area contributed by atoms with E-state index in [2.05, 4.69) is 18.0 Å². The van der Waals surface area contributed by atoms with Gasteiger partial charge in [0.1, 0.15) is 5.76 Å². The normalized spacial score (nSPS) is 11.5. The summed E-state index contributed by atoms with van der Waals surface area (Å²) in [5.41, 5.74) is 0.871. The summed E-state index contributed by atoms with van der Waals surface area (Å²) in [7, 11) is 0. The molecule has 0 unspecified atom stereocenters. The number of benzene rings is 1. The van der Waals surface area contributed by atoms with Crippen molar-refractivity contribution in [3.05, 3.63) is 53.4 Å². The van der Waals surface area contributed by atoms with Gasteiger partial charge in [-0.1, -0.05) is 6.92 Å². The van der Waals surface area contributed by atoms with E-state index >= 15 is 0 Å². The maximum Gasteiger partial charge on any atom is 0.214 e. The maximum absolute atomic E-state index is 12.1. The fourth-order valence-electron chi connectivity index (χ4n) is 1.88. The van der Waals surface area contributed by atoms with Gasteiger partial charge in [0.15, 0.2) is 5.01 Å². The molecule has 3 aromatic rings. The molecule has 0 atom stereocenters. The summed E-state index contributed by atoms with van der Waals surface area (Å²) >= 11 is 3.21. The summed E-state index contributed by atoms with van der Waals surface area (Å²) < 4.78 is 6.21. The summed E-state index contributed by atoms with van der Waals surface area (Å²) in [5.74, 6) is 1.59. The van der Waals surface area contributed by atoms with Crippen LogP contribution < -0.4 is 0 Å². The van der Waals surface area contributed by atoms with Crippen molar-refractivity contribution in [3.8, 4) is 0 Å². The first kappa shape index (κ1) is 14.1. The molecule has 21 heavy (non-hydrogen) atoms. The van der Waals surface area contributed by atoms with Gasteiger partial charge in [0.05, 0.1) is 16.5 Å². The number of rotatable bonds is 5. The highest BCUT2D eigenvalue weighted by Gasteiger charge is 2.10. The van der Waals surface area contributed by atoms with E-state index in [0.29, 0.717) is 10.8 Å². The predicted molar refractivity (Wildman–Crippen MR) is 88.1 cm³/mol. The summed E-state index contributed by atoms with van der Waals surface area (Å²) in [6.07, 6.45) is 4.74. The molecule has 2 aromatic heterocycles. The number of thioether (sulfide) groups is 1. The lowest BCUT2D eigenvalue weighted by Gasteiger charge is -1.96. The Kier molecular flexibility index (Phi) is 4.22. The molecule has 3 rings (SSSR count). The Labute approximate surface area is 130 Å². The van der Waals surface area contributed by atoms with Crippen LogP contribution in [0.1, 0.15) is 22.5 Å². The van der Waals surface area contributed by atoms with Crippen LogP contribution in [0.4, 0.5) is 0 Å². The SMILES string of the molecule is CCSc1ccc2nc(C(=O)/C=C/c3ccco3)sc2c1. The number of fused-ring (bicyclic) bond motifs is 1. The molecule has 1 aromatic carbocycles. The van der Waals surface area contributed by atoms with Crippen LogP contribution in [0.25, 0.3) is 16.3 Å². The number of carbonyl (C=O) groups excluding carboxylic acids is 1. The average Bonchev–Trinajstić information content (AvgIpc) is 3.13. The third-order valence-electron chi connectivity index (χ3n) is 2.82. The van der Waals surface area contributed by atoms with E-state index in [1.54, 1.807) is 36.2 Å². The van der Waals surface area contributed by atoms with Crippen LogP contribution in [0, 0.1) is 0 Å².